The SMILES string of the molecule is CC(C)C1N(C(=O)c2cn(-c3ccc4c(c3)CN(C3CCC(=O)NC3=O)C4=O)nn2)CC12CC=CC2. The minimum Gasteiger partial charge on any atom is -0.333 e. The minimum absolute atomic E-state index is 0.113. The zero-order chi connectivity index (χ0) is 25.2. The summed E-state index contributed by atoms with van der Waals surface area (Å²) in [4.78, 5) is 53.5. The van der Waals surface area contributed by atoms with Crippen molar-refractivity contribution in [1.82, 2.24) is 30.1 Å². The first-order chi connectivity index (χ1) is 17.3. The molecule has 4 aliphatic rings. The van der Waals surface area contributed by atoms with E-state index in [0.717, 1.165) is 24.9 Å². The molecular formula is C26H28N6O4. The van der Waals surface area contributed by atoms with Crippen LogP contribution in [0.15, 0.2) is 36.5 Å². The van der Waals surface area contributed by atoms with Crippen LogP contribution in [0.25, 0.3) is 5.69 Å². The average Bonchev–Trinajstić information content (AvgIpc) is 3.57. The molecule has 3 aliphatic heterocycles. The second-order valence-electron chi connectivity index (χ2n) is 10.7. The maximum atomic E-state index is 13.3. The summed E-state index contributed by atoms with van der Waals surface area (Å²) in [5.74, 6) is -0.745. The summed E-state index contributed by atoms with van der Waals surface area (Å²) in [6.07, 6.45) is 8.61. The summed E-state index contributed by atoms with van der Waals surface area (Å²) in [5.41, 5.74) is 2.42. The maximum Gasteiger partial charge on any atom is 0.276 e. The molecule has 2 fully saturated rings. The number of rotatable bonds is 4. The molecule has 4 amide bonds. The monoisotopic (exact) mass is 488 g/mol. The van der Waals surface area contributed by atoms with Gasteiger partial charge in [0.05, 0.1) is 11.9 Å². The highest BCUT2D eigenvalue weighted by atomic mass is 16.2. The number of amides is 4. The van der Waals surface area contributed by atoms with Crippen molar-refractivity contribution in [2.24, 2.45) is 11.3 Å². The van der Waals surface area contributed by atoms with E-state index in [1.54, 1.807) is 23.0 Å². The summed E-state index contributed by atoms with van der Waals surface area (Å²) in [6, 6.07) is 4.82. The van der Waals surface area contributed by atoms with Crippen molar-refractivity contribution in [2.75, 3.05) is 6.54 Å². The Balaban J connectivity index is 1.20. The molecule has 1 aromatic carbocycles. The van der Waals surface area contributed by atoms with Crippen molar-refractivity contribution in [3.8, 4) is 5.69 Å². The van der Waals surface area contributed by atoms with Crippen molar-refractivity contribution in [1.29, 1.82) is 0 Å². The largest absolute Gasteiger partial charge is 0.333 e. The number of allylic oxidation sites excluding steroid dienone is 2. The Morgan fingerprint density at radius 2 is 1.94 bits per heavy atom. The molecule has 1 N–H and O–H groups in total. The first kappa shape index (κ1) is 22.6. The van der Waals surface area contributed by atoms with Crippen LogP contribution < -0.4 is 5.32 Å². The highest BCUT2D eigenvalue weighted by Gasteiger charge is 2.55. The fourth-order valence-corrected chi connectivity index (χ4v) is 6.44. The molecule has 186 valence electrons. The van der Waals surface area contributed by atoms with Gasteiger partial charge >= 0.3 is 0 Å². The summed E-state index contributed by atoms with van der Waals surface area (Å²) in [7, 11) is 0. The zero-order valence-electron chi connectivity index (χ0n) is 20.3. The predicted octanol–water partition coefficient (Wildman–Crippen LogP) is 1.85. The Labute approximate surface area is 208 Å². The number of nitrogens with zero attached hydrogens (tertiary/aromatic N) is 5. The van der Waals surface area contributed by atoms with E-state index >= 15 is 0 Å². The average molecular weight is 489 g/mol. The highest BCUT2D eigenvalue weighted by Crippen LogP contribution is 2.50. The number of fused-ring (bicyclic) bond motifs is 1. The van der Waals surface area contributed by atoms with E-state index in [4.69, 9.17) is 0 Å². The van der Waals surface area contributed by atoms with Crippen LogP contribution in [0.2, 0.25) is 0 Å². The second kappa shape index (κ2) is 8.11. The molecule has 6 rings (SSSR count). The second-order valence-corrected chi connectivity index (χ2v) is 10.7. The molecule has 1 aliphatic carbocycles. The van der Waals surface area contributed by atoms with Crippen LogP contribution in [0.3, 0.4) is 0 Å². The molecule has 10 nitrogen and oxygen atoms in total. The van der Waals surface area contributed by atoms with Gasteiger partial charge in [-0.3, -0.25) is 24.5 Å². The smallest absolute Gasteiger partial charge is 0.276 e. The lowest BCUT2D eigenvalue weighted by molar-refractivity contribution is -0.136. The summed E-state index contributed by atoms with van der Waals surface area (Å²) in [5, 5.41) is 10.7. The zero-order valence-corrected chi connectivity index (χ0v) is 20.3. The molecule has 0 saturated carbocycles. The van der Waals surface area contributed by atoms with Gasteiger partial charge in [-0.25, -0.2) is 4.68 Å². The molecule has 2 unspecified atom stereocenters. The van der Waals surface area contributed by atoms with Gasteiger partial charge in [0.15, 0.2) is 5.69 Å². The predicted molar refractivity (Wildman–Crippen MR) is 128 cm³/mol. The van der Waals surface area contributed by atoms with Gasteiger partial charge in [0.25, 0.3) is 11.8 Å². The third-order valence-corrected chi connectivity index (χ3v) is 8.04. The van der Waals surface area contributed by atoms with Crippen molar-refractivity contribution in [3.05, 3.63) is 53.4 Å². The lowest BCUT2D eigenvalue weighted by atomic mass is 9.65. The molecule has 2 aromatic rings. The number of likely N-dealkylation sites (tertiary alicyclic amines) is 1. The molecule has 0 bridgehead atoms. The van der Waals surface area contributed by atoms with E-state index in [0.29, 0.717) is 29.3 Å². The van der Waals surface area contributed by atoms with Crippen molar-refractivity contribution in [3.63, 3.8) is 0 Å². The lowest BCUT2D eigenvalue weighted by Gasteiger charge is -2.58. The summed E-state index contributed by atoms with van der Waals surface area (Å²) < 4.78 is 1.55. The number of carbonyl (C=O) groups excluding carboxylic acids is 4. The third-order valence-electron chi connectivity index (χ3n) is 8.04. The standard InChI is InChI=1S/C26H28N6O4/c1-15(2)22-26(9-3-4-10-26)14-31(22)25(36)19-13-32(29-28-19)17-5-6-18-16(11-17)12-30(24(18)35)20-7-8-21(33)27-23(20)34/h3-6,11,13,15,20,22H,7-10,12,14H2,1-2H3,(H,27,33,34). The summed E-state index contributed by atoms with van der Waals surface area (Å²) >= 11 is 0. The van der Waals surface area contributed by atoms with Crippen LogP contribution in [0.1, 0.15) is 65.9 Å². The Kier molecular flexibility index (Phi) is 5.10. The van der Waals surface area contributed by atoms with Crippen molar-refractivity contribution >= 4 is 23.6 Å². The van der Waals surface area contributed by atoms with Gasteiger partial charge in [0.2, 0.25) is 11.8 Å². The van der Waals surface area contributed by atoms with E-state index < -0.39 is 11.9 Å². The number of benzene rings is 1. The van der Waals surface area contributed by atoms with Crippen molar-refractivity contribution in [2.45, 2.75) is 58.2 Å². The van der Waals surface area contributed by atoms with Gasteiger partial charge in [0, 0.05) is 36.5 Å². The van der Waals surface area contributed by atoms with Gasteiger partial charge in [-0.15, -0.1) is 5.10 Å². The fraction of sp³-hybridized carbons (Fsp3) is 0.462. The number of carbonyl (C=O) groups is 4. The number of hydrogen-bond donors (Lipinski definition) is 1. The van der Waals surface area contributed by atoms with Gasteiger partial charge in [-0.05, 0) is 48.9 Å². The number of aromatic nitrogens is 3. The quantitative estimate of drug-likeness (QED) is 0.519. The topological polar surface area (TPSA) is 118 Å². The van der Waals surface area contributed by atoms with Crippen molar-refractivity contribution < 1.29 is 19.2 Å². The first-order valence-corrected chi connectivity index (χ1v) is 12.4. The number of imide groups is 1. The van der Waals surface area contributed by atoms with Crippen LogP contribution in [0.4, 0.5) is 0 Å². The Morgan fingerprint density at radius 3 is 2.67 bits per heavy atom. The first-order valence-electron chi connectivity index (χ1n) is 12.4. The van der Waals surface area contributed by atoms with Crippen LogP contribution in [-0.4, -0.2) is 67.1 Å². The van der Waals surface area contributed by atoms with Crippen LogP contribution in [-0.2, 0) is 16.1 Å². The Hall–Kier alpha value is -3.82. The summed E-state index contributed by atoms with van der Waals surface area (Å²) in [6.45, 7) is 5.32. The number of hydrogen-bond acceptors (Lipinski definition) is 6. The third kappa shape index (κ3) is 3.38. The Morgan fingerprint density at radius 1 is 1.17 bits per heavy atom. The van der Waals surface area contributed by atoms with Gasteiger partial charge < -0.3 is 9.80 Å². The molecule has 4 heterocycles. The minimum atomic E-state index is -0.662. The number of piperidine rings is 1. The number of nitrogens with one attached hydrogen (secondary N) is 1. The molecule has 1 spiro atoms. The molecule has 1 aromatic heterocycles. The van der Waals surface area contributed by atoms with Gasteiger partial charge in [-0.1, -0.05) is 31.2 Å². The van der Waals surface area contributed by atoms with E-state index in [2.05, 4.69) is 41.6 Å². The lowest BCUT2D eigenvalue weighted by Crippen LogP contribution is -2.67. The normalized spacial score (nSPS) is 24.5. The fourth-order valence-electron chi connectivity index (χ4n) is 6.44. The molecule has 2 saturated heterocycles. The van der Waals surface area contributed by atoms with Crippen LogP contribution in [0, 0.1) is 11.3 Å². The molecule has 10 heteroatoms. The molecule has 36 heavy (non-hydrogen) atoms. The van der Waals surface area contributed by atoms with E-state index in [-0.39, 0.29) is 42.1 Å². The van der Waals surface area contributed by atoms with E-state index in [1.807, 2.05) is 11.0 Å². The van der Waals surface area contributed by atoms with E-state index in [9.17, 15) is 19.2 Å². The van der Waals surface area contributed by atoms with Crippen LogP contribution in [0.5, 0.6) is 0 Å². The van der Waals surface area contributed by atoms with Crippen LogP contribution >= 0.6 is 0 Å². The molecule has 2 atom stereocenters. The van der Waals surface area contributed by atoms with E-state index in [1.165, 1.54) is 4.90 Å². The highest BCUT2D eigenvalue weighted by molar-refractivity contribution is 6.05. The van der Waals surface area contributed by atoms with Gasteiger partial charge in [-0.2, -0.15) is 0 Å². The Bertz CT molecular complexity index is 1320. The molecular weight excluding hydrogens is 460 g/mol. The van der Waals surface area contributed by atoms with Gasteiger partial charge in [0.1, 0.15) is 6.04 Å². The molecule has 0 radical (unpaired) electrons. The maximum absolute atomic E-state index is 13.3.